The molecule has 7 nitrogen and oxygen atoms in total. The summed E-state index contributed by atoms with van der Waals surface area (Å²) in [6, 6.07) is 6.72. The number of benzene rings is 1. The maximum absolute atomic E-state index is 12.7. The predicted molar refractivity (Wildman–Crippen MR) is 105 cm³/mol. The van der Waals surface area contributed by atoms with E-state index < -0.39 is 20.0 Å². The number of nitrogens with zero attached hydrogens (tertiary/aromatic N) is 2. The van der Waals surface area contributed by atoms with Gasteiger partial charge >= 0.3 is 0 Å². The molecule has 9 heteroatoms. The summed E-state index contributed by atoms with van der Waals surface area (Å²) < 4.78 is 54.2. The van der Waals surface area contributed by atoms with Crippen molar-refractivity contribution in [3.63, 3.8) is 0 Å². The molecular formula is C18H23N3O4S2. The minimum Gasteiger partial charge on any atom is -0.270 e. The van der Waals surface area contributed by atoms with Crippen LogP contribution in [0, 0.1) is 13.8 Å². The van der Waals surface area contributed by atoms with Gasteiger partial charge in [0.1, 0.15) is 0 Å². The van der Waals surface area contributed by atoms with Gasteiger partial charge in [0.05, 0.1) is 16.3 Å². The van der Waals surface area contributed by atoms with E-state index in [4.69, 9.17) is 0 Å². The van der Waals surface area contributed by atoms with Crippen molar-refractivity contribution in [3.8, 4) is 0 Å². The molecule has 1 aliphatic rings. The molecule has 0 unspecified atom stereocenters. The van der Waals surface area contributed by atoms with E-state index in [2.05, 4.69) is 9.71 Å². The lowest BCUT2D eigenvalue weighted by Gasteiger charge is -2.30. The first-order valence-electron chi connectivity index (χ1n) is 8.71. The van der Waals surface area contributed by atoms with Crippen molar-refractivity contribution in [2.24, 2.45) is 0 Å². The van der Waals surface area contributed by atoms with Gasteiger partial charge in [-0.05, 0) is 61.6 Å². The molecule has 0 spiro atoms. The smallest absolute Gasteiger partial charge is 0.241 e. The van der Waals surface area contributed by atoms with Crippen LogP contribution in [0.25, 0.3) is 0 Å². The number of aromatic nitrogens is 1. The Balaban J connectivity index is 1.90. The third-order valence-corrected chi connectivity index (χ3v) is 7.99. The summed E-state index contributed by atoms with van der Waals surface area (Å²) in [6.45, 7) is 3.97. The normalized spacial score (nSPS) is 17.0. The van der Waals surface area contributed by atoms with Crippen LogP contribution in [0.4, 0.5) is 5.69 Å². The first-order chi connectivity index (χ1) is 12.7. The maximum atomic E-state index is 12.7. The van der Waals surface area contributed by atoms with Crippen molar-refractivity contribution < 1.29 is 16.8 Å². The molecule has 2 aromatic rings. The molecule has 0 aliphatic carbocycles. The van der Waals surface area contributed by atoms with Gasteiger partial charge in [0, 0.05) is 25.5 Å². The molecule has 0 atom stereocenters. The predicted octanol–water partition coefficient (Wildman–Crippen LogP) is 2.11. The fraction of sp³-hybridized carbons (Fsp3) is 0.389. The molecule has 0 saturated carbocycles. The Kier molecular flexibility index (Phi) is 5.55. The zero-order chi connectivity index (χ0) is 19.7. The molecule has 0 amide bonds. The van der Waals surface area contributed by atoms with E-state index >= 15 is 0 Å². The van der Waals surface area contributed by atoms with E-state index in [1.165, 1.54) is 4.31 Å². The average molecular weight is 410 g/mol. The molecule has 1 N–H and O–H groups in total. The van der Waals surface area contributed by atoms with Crippen LogP contribution in [0.15, 0.2) is 41.6 Å². The van der Waals surface area contributed by atoms with Gasteiger partial charge in [0.15, 0.2) is 0 Å². The highest BCUT2D eigenvalue weighted by atomic mass is 32.2. The zero-order valence-electron chi connectivity index (χ0n) is 15.3. The minimum atomic E-state index is -3.73. The highest BCUT2D eigenvalue weighted by Crippen LogP contribution is 2.31. The fourth-order valence-electron chi connectivity index (χ4n) is 3.15. The van der Waals surface area contributed by atoms with Gasteiger partial charge in [-0.2, -0.15) is 0 Å². The number of pyridine rings is 1. The Hall–Kier alpha value is -1.97. The summed E-state index contributed by atoms with van der Waals surface area (Å²) in [4.78, 5) is 4.12. The van der Waals surface area contributed by atoms with Gasteiger partial charge in [-0.3, -0.25) is 9.29 Å². The molecule has 1 aromatic carbocycles. The van der Waals surface area contributed by atoms with Crippen molar-refractivity contribution in [1.29, 1.82) is 0 Å². The van der Waals surface area contributed by atoms with Crippen LogP contribution in [0.2, 0.25) is 0 Å². The van der Waals surface area contributed by atoms with Crippen molar-refractivity contribution in [2.45, 2.75) is 38.1 Å². The lowest BCUT2D eigenvalue weighted by atomic mass is 10.1. The van der Waals surface area contributed by atoms with E-state index in [1.807, 2.05) is 0 Å². The van der Waals surface area contributed by atoms with E-state index in [0.29, 0.717) is 29.8 Å². The second-order valence-corrected chi connectivity index (χ2v) is 10.4. The van der Waals surface area contributed by atoms with Crippen molar-refractivity contribution in [2.75, 3.05) is 16.6 Å². The van der Waals surface area contributed by atoms with E-state index in [-0.39, 0.29) is 17.2 Å². The quantitative estimate of drug-likeness (QED) is 0.816. The zero-order valence-corrected chi connectivity index (χ0v) is 17.0. The van der Waals surface area contributed by atoms with Crippen LogP contribution < -0.4 is 9.03 Å². The van der Waals surface area contributed by atoms with Crippen LogP contribution >= 0.6 is 0 Å². The second-order valence-electron chi connectivity index (χ2n) is 6.69. The third kappa shape index (κ3) is 4.31. The lowest BCUT2D eigenvalue weighted by molar-refractivity contribution is 0.574. The third-order valence-electron chi connectivity index (χ3n) is 4.59. The maximum Gasteiger partial charge on any atom is 0.241 e. The number of rotatable bonds is 5. The van der Waals surface area contributed by atoms with Crippen LogP contribution in [0.5, 0.6) is 0 Å². The average Bonchev–Trinajstić information content (AvgIpc) is 2.62. The molecule has 1 aliphatic heterocycles. The highest BCUT2D eigenvalue weighted by Gasteiger charge is 2.28. The summed E-state index contributed by atoms with van der Waals surface area (Å²) >= 11 is 0. The van der Waals surface area contributed by atoms with Gasteiger partial charge in [0.25, 0.3) is 0 Å². The van der Waals surface area contributed by atoms with Crippen LogP contribution in [0.1, 0.15) is 29.5 Å². The number of anilines is 1. The van der Waals surface area contributed by atoms with Gasteiger partial charge in [-0.1, -0.05) is 6.07 Å². The first-order valence-corrected chi connectivity index (χ1v) is 11.8. The van der Waals surface area contributed by atoms with Crippen LogP contribution in [0.3, 0.4) is 0 Å². The van der Waals surface area contributed by atoms with Crippen molar-refractivity contribution in [3.05, 3.63) is 53.3 Å². The molecule has 27 heavy (non-hydrogen) atoms. The number of nitrogens with one attached hydrogen (secondary N) is 1. The van der Waals surface area contributed by atoms with Gasteiger partial charge < -0.3 is 0 Å². The summed E-state index contributed by atoms with van der Waals surface area (Å²) in [5.74, 6) is 0.123. The molecule has 1 fully saturated rings. The lowest BCUT2D eigenvalue weighted by Crippen LogP contribution is -2.38. The van der Waals surface area contributed by atoms with Crippen LogP contribution in [-0.4, -0.2) is 34.1 Å². The number of hydrogen-bond donors (Lipinski definition) is 1. The molecule has 146 valence electrons. The Labute approximate surface area is 160 Å². The minimum absolute atomic E-state index is 0.123. The summed E-state index contributed by atoms with van der Waals surface area (Å²) in [5, 5.41) is 0. The molecule has 3 rings (SSSR count). The Bertz CT molecular complexity index is 1040. The number of aryl methyl sites for hydroxylation is 2. The topological polar surface area (TPSA) is 96.4 Å². The Morgan fingerprint density at radius 3 is 2.63 bits per heavy atom. The molecule has 1 saturated heterocycles. The monoisotopic (exact) mass is 409 g/mol. The Morgan fingerprint density at radius 2 is 1.96 bits per heavy atom. The largest absolute Gasteiger partial charge is 0.270 e. The van der Waals surface area contributed by atoms with Crippen molar-refractivity contribution in [1.82, 2.24) is 9.71 Å². The SMILES string of the molecule is Cc1cc(S(=O)(=O)NCc2cccnc2)c(C)cc1N1CCCCS1(=O)=O. The summed E-state index contributed by atoms with van der Waals surface area (Å²) in [7, 11) is -7.08. The Morgan fingerprint density at radius 1 is 1.19 bits per heavy atom. The van der Waals surface area contributed by atoms with E-state index in [0.717, 1.165) is 12.0 Å². The van der Waals surface area contributed by atoms with Gasteiger partial charge in [-0.25, -0.2) is 21.6 Å². The molecule has 1 aromatic heterocycles. The van der Waals surface area contributed by atoms with Crippen LogP contribution in [-0.2, 0) is 26.6 Å². The standard InChI is InChI=1S/C18H23N3O4S2/c1-14-11-18(27(24,25)20-13-16-6-5-7-19-12-16)15(2)10-17(14)21-8-3-4-9-26(21,22)23/h5-7,10-12,20H,3-4,8-9,13H2,1-2H3. The molecule has 2 heterocycles. The van der Waals surface area contributed by atoms with Gasteiger partial charge in [0.2, 0.25) is 20.0 Å². The summed E-state index contributed by atoms with van der Waals surface area (Å²) in [5.41, 5.74) is 2.44. The fourth-order valence-corrected chi connectivity index (χ4v) is 6.17. The van der Waals surface area contributed by atoms with E-state index in [9.17, 15) is 16.8 Å². The molecular weight excluding hydrogens is 386 g/mol. The second kappa shape index (κ2) is 7.57. The first kappa shape index (κ1) is 19.8. The van der Waals surface area contributed by atoms with Crippen molar-refractivity contribution >= 4 is 25.7 Å². The number of hydrogen-bond acceptors (Lipinski definition) is 5. The highest BCUT2D eigenvalue weighted by molar-refractivity contribution is 7.92. The van der Waals surface area contributed by atoms with E-state index in [1.54, 1.807) is 50.5 Å². The molecule has 0 bridgehead atoms. The van der Waals surface area contributed by atoms with Gasteiger partial charge in [-0.15, -0.1) is 0 Å². The summed E-state index contributed by atoms with van der Waals surface area (Å²) in [6.07, 6.45) is 4.68. The number of sulfonamides is 2. The molecule has 0 radical (unpaired) electrons.